The second-order valence-electron chi connectivity index (χ2n) is 3.80. The van der Waals surface area contributed by atoms with Crippen LogP contribution in [-0.2, 0) is 0 Å². The van der Waals surface area contributed by atoms with Gasteiger partial charge in [-0.25, -0.2) is 0 Å². The molecule has 96 valence electrons. The van der Waals surface area contributed by atoms with E-state index in [1.807, 2.05) is 11.8 Å². The molecule has 2 N–H and O–H groups in total. The first-order chi connectivity index (χ1) is 8.08. The monoisotopic (exact) mass is 277 g/mol. The van der Waals surface area contributed by atoms with E-state index in [1.165, 1.54) is 0 Å². The minimum Gasteiger partial charge on any atom is -0.395 e. The average molecular weight is 278 g/mol. The highest BCUT2D eigenvalue weighted by molar-refractivity contribution is 6.35. The van der Waals surface area contributed by atoms with Crippen molar-refractivity contribution in [2.45, 2.75) is 13.0 Å². The zero-order valence-corrected chi connectivity index (χ0v) is 11.2. The summed E-state index contributed by atoms with van der Waals surface area (Å²) in [7, 11) is 0. The van der Waals surface area contributed by atoms with E-state index in [2.05, 4.69) is 0 Å². The quantitative estimate of drug-likeness (QED) is 0.839. The van der Waals surface area contributed by atoms with Crippen LogP contribution in [-0.4, -0.2) is 41.4 Å². The maximum absolute atomic E-state index is 10.1. The predicted octanol–water partition coefficient (Wildman–Crippen LogP) is 2.34. The molecular weight excluding hydrogens is 261 g/mol. The molecule has 1 aromatic rings. The van der Waals surface area contributed by atoms with Crippen LogP contribution in [0, 0.1) is 0 Å². The van der Waals surface area contributed by atoms with Crippen molar-refractivity contribution < 1.29 is 10.2 Å². The van der Waals surface area contributed by atoms with Crippen molar-refractivity contribution in [3.05, 3.63) is 33.8 Å². The van der Waals surface area contributed by atoms with Crippen molar-refractivity contribution >= 4 is 23.2 Å². The lowest BCUT2D eigenvalue weighted by molar-refractivity contribution is 0.103. The van der Waals surface area contributed by atoms with Gasteiger partial charge in [0.05, 0.1) is 12.7 Å². The number of benzene rings is 1. The van der Waals surface area contributed by atoms with E-state index >= 15 is 0 Å². The minimum atomic E-state index is -0.675. The van der Waals surface area contributed by atoms with Crippen molar-refractivity contribution in [2.75, 3.05) is 26.2 Å². The average Bonchev–Trinajstić information content (AvgIpc) is 2.28. The van der Waals surface area contributed by atoms with Crippen molar-refractivity contribution in [3.8, 4) is 0 Å². The molecule has 1 aromatic carbocycles. The summed E-state index contributed by atoms with van der Waals surface area (Å²) < 4.78 is 0. The molecule has 0 spiro atoms. The molecule has 3 nitrogen and oxygen atoms in total. The Morgan fingerprint density at radius 2 is 2.06 bits per heavy atom. The smallest absolute Gasteiger partial charge is 0.0931 e. The summed E-state index contributed by atoms with van der Waals surface area (Å²) in [4.78, 5) is 1.95. The number of halogens is 2. The summed E-state index contributed by atoms with van der Waals surface area (Å²) in [5, 5.41) is 20.0. The summed E-state index contributed by atoms with van der Waals surface area (Å²) in [6.07, 6.45) is -0.675. The van der Waals surface area contributed by atoms with Gasteiger partial charge in [-0.15, -0.1) is 0 Å². The Balaban J connectivity index is 2.71. The molecule has 0 heterocycles. The van der Waals surface area contributed by atoms with Gasteiger partial charge >= 0.3 is 0 Å². The maximum atomic E-state index is 10.1. The SMILES string of the molecule is CCN(CCO)CC(O)c1ccc(Cl)cc1Cl. The van der Waals surface area contributed by atoms with E-state index in [1.54, 1.807) is 18.2 Å². The summed E-state index contributed by atoms with van der Waals surface area (Å²) in [6, 6.07) is 5.04. The van der Waals surface area contributed by atoms with Gasteiger partial charge < -0.3 is 10.2 Å². The van der Waals surface area contributed by atoms with Gasteiger partial charge in [0.1, 0.15) is 0 Å². The van der Waals surface area contributed by atoms with Crippen LogP contribution in [0.3, 0.4) is 0 Å². The molecule has 17 heavy (non-hydrogen) atoms. The van der Waals surface area contributed by atoms with Crippen LogP contribution in [0.1, 0.15) is 18.6 Å². The normalized spacial score (nSPS) is 13.1. The minimum absolute atomic E-state index is 0.0783. The third-order valence-corrected chi connectivity index (χ3v) is 3.18. The molecule has 0 aliphatic rings. The molecule has 0 saturated carbocycles. The summed E-state index contributed by atoms with van der Waals surface area (Å²) in [6.45, 7) is 3.81. The summed E-state index contributed by atoms with van der Waals surface area (Å²) >= 11 is 11.8. The van der Waals surface area contributed by atoms with Gasteiger partial charge in [0.15, 0.2) is 0 Å². The fraction of sp³-hybridized carbons (Fsp3) is 0.500. The Labute approximate surface area is 112 Å². The molecule has 0 aliphatic heterocycles. The van der Waals surface area contributed by atoms with Gasteiger partial charge in [-0.05, 0) is 18.7 Å². The first kappa shape index (κ1) is 14.7. The van der Waals surface area contributed by atoms with Gasteiger partial charge in [-0.2, -0.15) is 0 Å². The Morgan fingerprint density at radius 3 is 2.59 bits per heavy atom. The fourth-order valence-corrected chi connectivity index (χ4v) is 2.17. The summed E-state index contributed by atoms with van der Waals surface area (Å²) in [5.41, 5.74) is 0.660. The number of likely N-dealkylation sites (N-methyl/N-ethyl adjacent to an activating group) is 1. The molecule has 0 amide bonds. The highest BCUT2D eigenvalue weighted by atomic mass is 35.5. The van der Waals surface area contributed by atoms with E-state index in [0.29, 0.717) is 28.7 Å². The van der Waals surface area contributed by atoms with Gasteiger partial charge in [-0.3, -0.25) is 4.90 Å². The largest absolute Gasteiger partial charge is 0.395 e. The lowest BCUT2D eigenvalue weighted by Gasteiger charge is -2.23. The zero-order chi connectivity index (χ0) is 12.8. The Bertz CT molecular complexity index is 360. The Morgan fingerprint density at radius 1 is 1.35 bits per heavy atom. The van der Waals surface area contributed by atoms with Crippen LogP contribution < -0.4 is 0 Å². The second-order valence-corrected chi connectivity index (χ2v) is 4.64. The maximum Gasteiger partial charge on any atom is 0.0931 e. The van der Waals surface area contributed by atoms with E-state index in [-0.39, 0.29) is 6.61 Å². The van der Waals surface area contributed by atoms with E-state index in [4.69, 9.17) is 28.3 Å². The lowest BCUT2D eigenvalue weighted by Crippen LogP contribution is -2.31. The highest BCUT2D eigenvalue weighted by Gasteiger charge is 2.15. The molecular formula is C12H17Cl2NO2. The van der Waals surface area contributed by atoms with Crippen molar-refractivity contribution in [3.63, 3.8) is 0 Å². The molecule has 5 heteroatoms. The van der Waals surface area contributed by atoms with Crippen LogP contribution in [0.15, 0.2) is 18.2 Å². The third-order valence-electron chi connectivity index (χ3n) is 2.62. The molecule has 0 fully saturated rings. The standard InChI is InChI=1S/C12H17Cl2NO2/c1-2-15(5-6-16)8-12(17)10-4-3-9(13)7-11(10)14/h3-4,7,12,16-17H,2,5-6,8H2,1H3. The predicted molar refractivity (Wildman–Crippen MR) is 70.6 cm³/mol. The first-order valence-corrected chi connectivity index (χ1v) is 6.30. The van der Waals surface area contributed by atoms with Gasteiger partial charge in [0.2, 0.25) is 0 Å². The molecule has 1 rings (SSSR count). The molecule has 0 radical (unpaired) electrons. The van der Waals surface area contributed by atoms with Crippen molar-refractivity contribution in [1.29, 1.82) is 0 Å². The van der Waals surface area contributed by atoms with Crippen molar-refractivity contribution in [1.82, 2.24) is 4.90 Å². The molecule has 1 unspecified atom stereocenters. The number of hydrogen-bond donors (Lipinski definition) is 2. The topological polar surface area (TPSA) is 43.7 Å². The second kappa shape index (κ2) is 7.19. The van der Waals surface area contributed by atoms with Crippen LogP contribution in [0.25, 0.3) is 0 Å². The van der Waals surface area contributed by atoms with Crippen LogP contribution >= 0.6 is 23.2 Å². The molecule has 1 atom stereocenters. The molecule has 0 bridgehead atoms. The Kier molecular flexibility index (Phi) is 6.23. The first-order valence-electron chi connectivity index (χ1n) is 5.54. The highest BCUT2D eigenvalue weighted by Crippen LogP contribution is 2.26. The van der Waals surface area contributed by atoms with Crippen molar-refractivity contribution in [2.24, 2.45) is 0 Å². The zero-order valence-electron chi connectivity index (χ0n) is 9.74. The number of hydrogen-bond acceptors (Lipinski definition) is 3. The van der Waals surface area contributed by atoms with Gasteiger partial charge in [0.25, 0.3) is 0 Å². The number of aliphatic hydroxyl groups excluding tert-OH is 2. The lowest BCUT2D eigenvalue weighted by atomic mass is 10.1. The number of aliphatic hydroxyl groups is 2. The fourth-order valence-electron chi connectivity index (χ4n) is 1.63. The third kappa shape index (κ3) is 4.45. The van der Waals surface area contributed by atoms with Crippen LogP contribution in [0.4, 0.5) is 0 Å². The summed E-state index contributed by atoms with van der Waals surface area (Å²) in [5.74, 6) is 0. The van der Waals surface area contributed by atoms with Crippen LogP contribution in [0.5, 0.6) is 0 Å². The van der Waals surface area contributed by atoms with Gasteiger partial charge in [0, 0.05) is 28.7 Å². The van der Waals surface area contributed by atoms with E-state index < -0.39 is 6.10 Å². The van der Waals surface area contributed by atoms with E-state index in [0.717, 1.165) is 6.54 Å². The molecule has 0 aromatic heterocycles. The molecule has 0 saturated heterocycles. The van der Waals surface area contributed by atoms with E-state index in [9.17, 15) is 5.11 Å². The van der Waals surface area contributed by atoms with Gasteiger partial charge in [-0.1, -0.05) is 36.2 Å². The number of rotatable bonds is 6. The Hall–Kier alpha value is -0.320. The van der Waals surface area contributed by atoms with Crippen LogP contribution in [0.2, 0.25) is 10.0 Å². The number of nitrogens with zero attached hydrogens (tertiary/aromatic N) is 1. The molecule has 0 aliphatic carbocycles.